The molecule has 0 aliphatic carbocycles. The molecule has 1 atom stereocenters. The summed E-state index contributed by atoms with van der Waals surface area (Å²) in [5.41, 5.74) is -1.30. The topological polar surface area (TPSA) is 117 Å². The van der Waals surface area contributed by atoms with Crippen molar-refractivity contribution in [1.29, 1.82) is 0 Å². The molecule has 0 bridgehead atoms. The maximum Gasteiger partial charge on any atom is 0.365 e. The minimum Gasteiger partial charge on any atom is -0.462 e. The van der Waals surface area contributed by atoms with Gasteiger partial charge in [0, 0.05) is 12.1 Å². The number of para-hydroxylation sites is 2. The molecular formula is C20H20N2O7. The van der Waals surface area contributed by atoms with Crippen molar-refractivity contribution in [2.24, 2.45) is 0 Å². The second kappa shape index (κ2) is 8.17. The molecule has 1 aliphatic rings. The van der Waals surface area contributed by atoms with Crippen LogP contribution in [0.25, 0.3) is 0 Å². The maximum atomic E-state index is 13.0. The van der Waals surface area contributed by atoms with E-state index in [0.29, 0.717) is 11.3 Å². The number of carbonyl (C=O) groups excluding carboxylic acids is 2. The minimum absolute atomic E-state index is 0.0258. The summed E-state index contributed by atoms with van der Waals surface area (Å²) in [5, 5.41) is 14.1. The predicted molar refractivity (Wildman–Crippen MR) is 103 cm³/mol. The number of hydrogen-bond acceptors (Lipinski definition) is 8. The molecule has 0 amide bonds. The number of fused-ring (bicyclic) bond motifs is 1. The van der Waals surface area contributed by atoms with Gasteiger partial charge in [0.15, 0.2) is 0 Å². The molecule has 29 heavy (non-hydrogen) atoms. The van der Waals surface area contributed by atoms with Crippen molar-refractivity contribution in [3.63, 3.8) is 0 Å². The Morgan fingerprint density at radius 1 is 1.07 bits per heavy atom. The molecule has 9 heteroatoms. The van der Waals surface area contributed by atoms with Crippen LogP contribution in [0.3, 0.4) is 0 Å². The summed E-state index contributed by atoms with van der Waals surface area (Å²) in [5.74, 6) is -1.54. The molecule has 1 heterocycles. The molecular weight excluding hydrogens is 380 g/mol. The molecule has 2 aromatic rings. The van der Waals surface area contributed by atoms with Crippen LogP contribution in [0.5, 0.6) is 5.75 Å². The van der Waals surface area contributed by atoms with Gasteiger partial charge in [-0.1, -0.05) is 12.1 Å². The van der Waals surface area contributed by atoms with Gasteiger partial charge in [-0.25, -0.2) is 9.59 Å². The van der Waals surface area contributed by atoms with E-state index in [1.165, 1.54) is 24.3 Å². The number of ether oxygens (including phenoxy) is 3. The van der Waals surface area contributed by atoms with Crippen LogP contribution in [0.1, 0.15) is 25.5 Å². The van der Waals surface area contributed by atoms with Crippen molar-refractivity contribution in [2.45, 2.75) is 25.5 Å². The lowest BCUT2D eigenvalue weighted by atomic mass is 9.86. The Hall–Kier alpha value is -3.62. The van der Waals surface area contributed by atoms with Crippen molar-refractivity contribution in [1.82, 2.24) is 0 Å². The first-order valence-electron chi connectivity index (χ1n) is 9.07. The molecule has 0 saturated heterocycles. The standard InChI is InChI=1S/C20H20N2O7/c1-3-27-18(23)20(19(24)28-4-2)17(13-9-11-14(12-10-13)22(25)26)21-15-7-5-6-8-16(15)29-20/h5-12,17,21H,3-4H2,1-2H3. The van der Waals surface area contributed by atoms with E-state index in [2.05, 4.69) is 5.32 Å². The molecule has 0 fully saturated rings. The van der Waals surface area contributed by atoms with Crippen LogP contribution < -0.4 is 10.1 Å². The molecule has 0 radical (unpaired) electrons. The predicted octanol–water partition coefficient (Wildman–Crippen LogP) is 3.01. The second-order valence-corrected chi connectivity index (χ2v) is 6.20. The number of non-ortho nitro benzene ring substituents is 1. The SMILES string of the molecule is CCOC(=O)C1(C(=O)OCC)Oc2ccccc2NC1c1ccc([N+](=O)[O-])cc1. The van der Waals surface area contributed by atoms with E-state index >= 15 is 0 Å². The maximum absolute atomic E-state index is 13.0. The highest BCUT2D eigenvalue weighted by atomic mass is 16.6. The Kier molecular flexibility index (Phi) is 5.67. The third-order valence-corrected chi connectivity index (χ3v) is 4.46. The van der Waals surface area contributed by atoms with Crippen LogP contribution in [0.4, 0.5) is 11.4 Å². The lowest BCUT2D eigenvalue weighted by Gasteiger charge is -2.41. The third kappa shape index (κ3) is 3.58. The summed E-state index contributed by atoms with van der Waals surface area (Å²) in [6, 6.07) is 11.3. The van der Waals surface area contributed by atoms with E-state index in [1.54, 1.807) is 38.1 Å². The number of nitro benzene ring substituents is 1. The summed E-state index contributed by atoms with van der Waals surface area (Å²) < 4.78 is 16.3. The quantitative estimate of drug-likeness (QED) is 0.340. The highest BCUT2D eigenvalue weighted by molar-refractivity contribution is 6.06. The summed E-state index contributed by atoms with van der Waals surface area (Å²) in [7, 11) is 0. The highest BCUT2D eigenvalue weighted by Crippen LogP contribution is 2.44. The first-order valence-corrected chi connectivity index (χ1v) is 9.07. The van der Waals surface area contributed by atoms with E-state index < -0.39 is 28.5 Å². The van der Waals surface area contributed by atoms with Crippen LogP contribution in [-0.4, -0.2) is 35.7 Å². The van der Waals surface area contributed by atoms with Crippen LogP contribution in [0.15, 0.2) is 48.5 Å². The minimum atomic E-state index is -2.16. The first-order chi connectivity index (χ1) is 13.9. The Morgan fingerprint density at radius 3 is 2.21 bits per heavy atom. The van der Waals surface area contributed by atoms with E-state index in [9.17, 15) is 19.7 Å². The lowest BCUT2D eigenvalue weighted by Crippen LogP contribution is -2.61. The number of nitro groups is 1. The second-order valence-electron chi connectivity index (χ2n) is 6.20. The Bertz CT molecular complexity index is 909. The fourth-order valence-electron chi connectivity index (χ4n) is 3.15. The van der Waals surface area contributed by atoms with E-state index in [4.69, 9.17) is 14.2 Å². The first kappa shape index (κ1) is 20.1. The van der Waals surface area contributed by atoms with E-state index in [1.807, 2.05) is 0 Å². The number of benzene rings is 2. The summed E-state index contributed by atoms with van der Waals surface area (Å²) >= 11 is 0. The number of hydrogen-bond donors (Lipinski definition) is 1. The lowest BCUT2D eigenvalue weighted by molar-refractivity contribution is -0.384. The van der Waals surface area contributed by atoms with Crippen molar-refractivity contribution in [2.75, 3.05) is 18.5 Å². The van der Waals surface area contributed by atoms with E-state index in [0.717, 1.165) is 0 Å². The molecule has 3 rings (SSSR count). The molecule has 0 spiro atoms. The molecule has 1 unspecified atom stereocenters. The van der Waals surface area contributed by atoms with Gasteiger partial charge in [0.2, 0.25) is 0 Å². The van der Waals surface area contributed by atoms with Gasteiger partial charge in [0.05, 0.1) is 23.8 Å². The monoisotopic (exact) mass is 400 g/mol. The van der Waals surface area contributed by atoms with Crippen LogP contribution in [0.2, 0.25) is 0 Å². The van der Waals surface area contributed by atoms with Crippen LogP contribution in [0, 0.1) is 10.1 Å². The number of carbonyl (C=O) groups is 2. The third-order valence-electron chi connectivity index (χ3n) is 4.46. The van der Waals surface area contributed by atoms with E-state index in [-0.39, 0.29) is 24.7 Å². The average molecular weight is 400 g/mol. The molecule has 2 aromatic carbocycles. The number of anilines is 1. The number of esters is 2. The van der Waals surface area contributed by atoms with Gasteiger partial charge in [0.1, 0.15) is 11.8 Å². The van der Waals surface area contributed by atoms with Gasteiger partial charge < -0.3 is 19.5 Å². The molecule has 1 N–H and O–H groups in total. The summed E-state index contributed by atoms with van der Waals surface area (Å²) in [6.07, 6.45) is 0. The van der Waals surface area contributed by atoms with Gasteiger partial charge in [-0.15, -0.1) is 0 Å². The fraction of sp³-hybridized carbons (Fsp3) is 0.300. The zero-order valence-corrected chi connectivity index (χ0v) is 15.9. The van der Waals surface area contributed by atoms with Crippen molar-refractivity contribution < 1.29 is 28.7 Å². The molecule has 1 aliphatic heterocycles. The van der Waals surface area contributed by atoms with Crippen molar-refractivity contribution in [3.05, 3.63) is 64.2 Å². The zero-order chi connectivity index (χ0) is 21.0. The van der Waals surface area contributed by atoms with Crippen LogP contribution in [-0.2, 0) is 19.1 Å². The Balaban J connectivity index is 2.17. The van der Waals surface area contributed by atoms with Gasteiger partial charge in [0.25, 0.3) is 5.69 Å². The van der Waals surface area contributed by atoms with Crippen molar-refractivity contribution in [3.8, 4) is 5.75 Å². The highest BCUT2D eigenvalue weighted by Gasteiger charge is 2.61. The fourth-order valence-corrected chi connectivity index (χ4v) is 3.15. The molecule has 9 nitrogen and oxygen atoms in total. The zero-order valence-electron chi connectivity index (χ0n) is 15.9. The molecule has 0 aromatic heterocycles. The average Bonchev–Trinajstić information content (AvgIpc) is 2.73. The van der Waals surface area contributed by atoms with Gasteiger partial charge in [-0.2, -0.15) is 0 Å². The Labute approximate surface area is 166 Å². The number of nitrogens with one attached hydrogen (secondary N) is 1. The summed E-state index contributed by atoms with van der Waals surface area (Å²) in [6.45, 7) is 3.28. The van der Waals surface area contributed by atoms with Gasteiger partial charge in [-0.05, 0) is 43.7 Å². The largest absolute Gasteiger partial charge is 0.462 e. The smallest absolute Gasteiger partial charge is 0.365 e. The van der Waals surface area contributed by atoms with Gasteiger partial charge >= 0.3 is 17.5 Å². The number of nitrogens with zero attached hydrogens (tertiary/aromatic N) is 1. The Morgan fingerprint density at radius 2 is 1.66 bits per heavy atom. The summed E-state index contributed by atoms with van der Waals surface area (Å²) in [4.78, 5) is 36.5. The normalized spacial score (nSPS) is 16.6. The van der Waals surface area contributed by atoms with Gasteiger partial charge in [-0.3, -0.25) is 10.1 Å². The molecule has 152 valence electrons. The molecule has 0 saturated carbocycles. The van der Waals surface area contributed by atoms with Crippen molar-refractivity contribution >= 4 is 23.3 Å². The van der Waals surface area contributed by atoms with Crippen LogP contribution >= 0.6 is 0 Å². The number of rotatable bonds is 6.